The van der Waals surface area contributed by atoms with Crippen LogP contribution in [0.4, 0.5) is 0 Å². The Hall–Kier alpha value is -2.16. The van der Waals surface area contributed by atoms with E-state index in [4.69, 9.17) is 0 Å². The Morgan fingerprint density at radius 2 is 1.96 bits per heavy atom. The summed E-state index contributed by atoms with van der Waals surface area (Å²) in [6.45, 7) is 4.17. The summed E-state index contributed by atoms with van der Waals surface area (Å²) in [6.07, 6.45) is 6.93. The van der Waals surface area contributed by atoms with E-state index in [1.807, 2.05) is 11.0 Å². The number of fused-ring (bicyclic) bond motifs is 1. The first-order chi connectivity index (χ1) is 11.5. The predicted molar refractivity (Wildman–Crippen MR) is 89.4 cm³/mol. The zero-order valence-electron chi connectivity index (χ0n) is 14.4. The fraction of sp³-hybridized carbons (Fsp3) is 0.667. The highest BCUT2D eigenvalue weighted by Gasteiger charge is 2.35. The average Bonchev–Trinajstić information content (AvgIpc) is 2.59. The third-order valence-electron chi connectivity index (χ3n) is 5.60. The fourth-order valence-electron chi connectivity index (χ4n) is 4.16. The summed E-state index contributed by atoms with van der Waals surface area (Å²) < 4.78 is 1.16. The van der Waals surface area contributed by atoms with Gasteiger partial charge >= 0.3 is 0 Å². The van der Waals surface area contributed by atoms with Crippen LogP contribution in [0.5, 0.6) is 0 Å². The second kappa shape index (κ2) is 6.76. The van der Waals surface area contributed by atoms with Gasteiger partial charge in [-0.3, -0.25) is 9.59 Å². The average molecular weight is 328 g/mol. The molecule has 6 heteroatoms. The van der Waals surface area contributed by atoms with Crippen LogP contribution < -0.4 is 5.56 Å². The van der Waals surface area contributed by atoms with Crippen molar-refractivity contribution < 1.29 is 4.79 Å². The molecule has 1 amide bonds. The molecule has 1 saturated heterocycles. The van der Waals surface area contributed by atoms with E-state index in [1.165, 1.54) is 25.7 Å². The molecule has 2 fully saturated rings. The molecule has 0 radical (unpaired) electrons. The maximum Gasteiger partial charge on any atom is 0.285 e. The number of aryl methyl sites for hydroxylation is 1. The lowest BCUT2D eigenvalue weighted by Gasteiger charge is -2.44. The van der Waals surface area contributed by atoms with E-state index in [2.05, 4.69) is 5.10 Å². The van der Waals surface area contributed by atoms with Crippen molar-refractivity contribution in [2.75, 3.05) is 6.54 Å². The standard InChI is InChI=1S/C18H24N4O2/c1-12-13(2)20-22(18(24)15(12)10-19)11-17(23)21-9-5-7-14-6-3-4-8-16(14)21/h14,16H,3-9,11H2,1-2H3/t14-,16+/m1/s1. The van der Waals surface area contributed by atoms with E-state index < -0.39 is 5.56 Å². The smallest absolute Gasteiger partial charge is 0.285 e. The van der Waals surface area contributed by atoms with Gasteiger partial charge in [0.15, 0.2) is 0 Å². The zero-order valence-corrected chi connectivity index (χ0v) is 14.4. The Morgan fingerprint density at radius 1 is 1.25 bits per heavy atom. The lowest BCUT2D eigenvalue weighted by molar-refractivity contribution is -0.138. The molecule has 0 bridgehead atoms. The lowest BCUT2D eigenvalue weighted by Crippen LogP contribution is -2.51. The van der Waals surface area contributed by atoms with Crippen molar-refractivity contribution in [2.45, 2.75) is 65.0 Å². The number of piperidine rings is 1. The number of carbonyl (C=O) groups excluding carboxylic acids is 1. The Balaban J connectivity index is 1.84. The molecule has 2 atom stereocenters. The molecule has 3 rings (SSSR count). The van der Waals surface area contributed by atoms with Crippen molar-refractivity contribution in [3.05, 3.63) is 27.2 Å². The van der Waals surface area contributed by atoms with Crippen molar-refractivity contribution in [3.8, 4) is 6.07 Å². The molecule has 0 aromatic carbocycles. The van der Waals surface area contributed by atoms with Crippen molar-refractivity contribution >= 4 is 5.91 Å². The summed E-state index contributed by atoms with van der Waals surface area (Å²) in [7, 11) is 0. The quantitative estimate of drug-likeness (QED) is 0.831. The largest absolute Gasteiger partial charge is 0.338 e. The van der Waals surface area contributed by atoms with Gasteiger partial charge in [-0.15, -0.1) is 0 Å². The van der Waals surface area contributed by atoms with Crippen LogP contribution in [0.15, 0.2) is 4.79 Å². The topological polar surface area (TPSA) is 79.0 Å². The lowest BCUT2D eigenvalue weighted by atomic mass is 9.78. The molecule has 1 aliphatic heterocycles. The molecule has 0 spiro atoms. The first kappa shape index (κ1) is 16.7. The van der Waals surface area contributed by atoms with Gasteiger partial charge in [-0.1, -0.05) is 12.8 Å². The molecule has 2 heterocycles. The summed E-state index contributed by atoms with van der Waals surface area (Å²) >= 11 is 0. The number of rotatable bonds is 2. The Labute approximate surface area is 142 Å². The van der Waals surface area contributed by atoms with Crippen LogP contribution in [0.1, 0.15) is 55.3 Å². The molecule has 128 valence electrons. The maximum absolute atomic E-state index is 12.8. The molecule has 0 unspecified atom stereocenters. The summed E-state index contributed by atoms with van der Waals surface area (Å²) in [6, 6.07) is 2.26. The van der Waals surface area contributed by atoms with Gasteiger partial charge < -0.3 is 4.90 Å². The second-order valence-electron chi connectivity index (χ2n) is 7.00. The molecule has 6 nitrogen and oxygen atoms in total. The Bertz CT molecular complexity index is 745. The Morgan fingerprint density at radius 3 is 2.71 bits per heavy atom. The van der Waals surface area contributed by atoms with Crippen LogP contribution in [0.2, 0.25) is 0 Å². The summed E-state index contributed by atoms with van der Waals surface area (Å²) in [5.41, 5.74) is 0.834. The fourth-order valence-corrected chi connectivity index (χ4v) is 4.16. The van der Waals surface area contributed by atoms with E-state index in [0.29, 0.717) is 23.2 Å². The molecular weight excluding hydrogens is 304 g/mol. The van der Waals surface area contributed by atoms with Gasteiger partial charge in [-0.2, -0.15) is 10.4 Å². The number of hydrogen-bond acceptors (Lipinski definition) is 4. The van der Waals surface area contributed by atoms with Gasteiger partial charge in [-0.05, 0) is 51.0 Å². The predicted octanol–water partition coefficient (Wildman–Crippen LogP) is 1.91. The van der Waals surface area contributed by atoms with Crippen LogP contribution >= 0.6 is 0 Å². The summed E-state index contributed by atoms with van der Waals surface area (Å²) in [4.78, 5) is 27.2. The van der Waals surface area contributed by atoms with Crippen LogP contribution in [-0.2, 0) is 11.3 Å². The van der Waals surface area contributed by atoms with Crippen LogP contribution in [0.3, 0.4) is 0 Å². The minimum absolute atomic E-state index is 0.0478. The number of amides is 1. The highest BCUT2D eigenvalue weighted by atomic mass is 16.2. The van der Waals surface area contributed by atoms with Crippen LogP contribution in [0, 0.1) is 31.1 Å². The van der Waals surface area contributed by atoms with Gasteiger partial charge in [0.2, 0.25) is 5.91 Å². The molecule has 1 aliphatic carbocycles. The first-order valence-corrected chi connectivity index (χ1v) is 8.80. The third-order valence-corrected chi connectivity index (χ3v) is 5.60. The van der Waals surface area contributed by atoms with Gasteiger partial charge in [0.05, 0.1) is 5.69 Å². The Kier molecular flexibility index (Phi) is 4.70. The molecule has 1 aromatic heterocycles. The van der Waals surface area contributed by atoms with E-state index in [1.54, 1.807) is 13.8 Å². The van der Waals surface area contributed by atoms with Crippen molar-refractivity contribution in [3.63, 3.8) is 0 Å². The van der Waals surface area contributed by atoms with Crippen LogP contribution in [0.25, 0.3) is 0 Å². The van der Waals surface area contributed by atoms with E-state index >= 15 is 0 Å². The summed E-state index contributed by atoms with van der Waals surface area (Å²) in [5, 5.41) is 13.4. The monoisotopic (exact) mass is 328 g/mol. The second-order valence-corrected chi connectivity index (χ2v) is 7.00. The molecule has 24 heavy (non-hydrogen) atoms. The number of likely N-dealkylation sites (tertiary alicyclic amines) is 1. The zero-order chi connectivity index (χ0) is 17.3. The minimum atomic E-state index is -0.467. The molecule has 2 aliphatic rings. The van der Waals surface area contributed by atoms with Crippen molar-refractivity contribution in [1.82, 2.24) is 14.7 Å². The van der Waals surface area contributed by atoms with Gasteiger partial charge in [0, 0.05) is 12.6 Å². The first-order valence-electron chi connectivity index (χ1n) is 8.80. The normalized spacial score (nSPS) is 23.5. The van der Waals surface area contributed by atoms with Gasteiger partial charge in [0.1, 0.15) is 18.2 Å². The molecule has 1 saturated carbocycles. The van der Waals surface area contributed by atoms with Crippen LogP contribution in [-0.4, -0.2) is 33.2 Å². The third kappa shape index (κ3) is 2.95. The highest BCUT2D eigenvalue weighted by molar-refractivity contribution is 5.76. The van der Waals surface area contributed by atoms with E-state index in [0.717, 1.165) is 24.1 Å². The SMILES string of the molecule is Cc1nn(CC(=O)N2CCC[C@H]3CCCC[C@@H]32)c(=O)c(C#N)c1C. The van der Waals surface area contributed by atoms with E-state index in [-0.39, 0.29) is 18.0 Å². The number of aromatic nitrogens is 2. The van der Waals surface area contributed by atoms with Gasteiger partial charge in [0.25, 0.3) is 5.56 Å². The van der Waals surface area contributed by atoms with Crippen molar-refractivity contribution in [2.24, 2.45) is 5.92 Å². The van der Waals surface area contributed by atoms with Gasteiger partial charge in [-0.25, -0.2) is 4.68 Å². The number of hydrogen-bond donors (Lipinski definition) is 0. The highest BCUT2D eigenvalue weighted by Crippen LogP contribution is 2.35. The minimum Gasteiger partial charge on any atom is -0.338 e. The maximum atomic E-state index is 12.8. The molecular formula is C18H24N4O2. The number of nitrogens with zero attached hydrogens (tertiary/aromatic N) is 4. The molecule has 1 aromatic rings. The van der Waals surface area contributed by atoms with E-state index in [9.17, 15) is 14.9 Å². The number of nitriles is 1. The van der Waals surface area contributed by atoms with Crippen molar-refractivity contribution in [1.29, 1.82) is 5.26 Å². The number of carbonyl (C=O) groups is 1. The molecule has 0 N–H and O–H groups in total. The summed E-state index contributed by atoms with van der Waals surface area (Å²) in [5.74, 6) is 0.559.